The number of hydrogen-bond donors (Lipinski definition) is 1. The Morgan fingerprint density at radius 1 is 1.04 bits per heavy atom. The van der Waals surface area contributed by atoms with Crippen molar-refractivity contribution in [2.24, 2.45) is 5.92 Å². The van der Waals surface area contributed by atoms with Gasteiger partial charge in [-0.15, -0.1) is 0 Å². The van der Waals surface area contributed by atoms with Crippen LogP contribution in [0, 0.1) is 12.8 Å². The van der Waals surface area contributed by atoms with Crippen LogP contribution in [0.1, 0.15) is 35.3 Å². The van der Waals surface area contributed by atoms with Crippen LogP contribution in [0.15, 0.2) is 48.5 Å². The van der Waals surface area contributed by atoms with E-state index in [1.54, 1.807) is 17.0 Å². The zero-order valence-corrected chi connectivity index (χ0v) is 15.0. The number of rotatable bonds is 4. The molecule has 1 aliphatic heterocycles. The minimum Gasteiger partial charge on any atom is -0.340 e. The number of carbonyl (C=O) groups is 2. The average Bonchev–Trinajstić information content (AvgIpc) is 3.03. The first-order chi connectivity index (χ1) is 12.0. The molecule has 0 radical (unpaired) electrons. The molecular weight excluding hydrogens is 312 g/mol. The smallest absolute Gasteiger partial charge is 0.251 e. The fourth-order valence-electron chi connectivity index (χ4n) is 3.18. The topological polar surface area (TPSA) is 49.4 Å². The number of nitrogens with zero attached hydrogens (tertiary/aromatic N) is 1. The first-order valence-corrected chi connectivity index (χ1v) is 8.74. The molecule has 2 aromatic carbocycles. The standard InChI is InChI=1S/C21H24N2O2/c1-14(2)19(22-20(24)17-10-8-15(3)9-11-17)21(25)23-13-12-16-6-4-5-7-18(16)23/h4-11,14,19H,12-13H2,1-3H3,(H,22,24)/t19-/m0/s1. The summed E-state index contributed by atoms with van der Waals surface area (Å²) in [7, 11) is 0. The van der Waals surface area contributed by atoms with E-state index in [4.69, 9.17) is 0 Å². The SMILES string of the molecule is Cc1ccc(C(=O)N[C@H](C(=O)N2CCc3ccccc32)C(C)C)cc1. The quantitative estimate of drug-likeness (QED) is 0.931. The molecule has 1 heterocycles. The maximum absolute atomic E-state index is 13.1. The normalized spacial score (nSPS) is 14.3. The molecule has 130 valence electrons. The largest absolute Gasteiger partial charge is 0.340 e. The number of carbonyl (C=O) groups excluding carboxylic acids is 2. The lowest BCUT2D eigenvalue weighted by Gasteiger charge is -2.27. The van der Waals surface area contributed by atoms with Crippen LogP contribution in [0.4, 0.5) is 5.69 Å². The van der Waals surface area contributed by atoms with E-state index in [0.29, 0.717) is 12.1 Å². The Morgan fingerprint density at radius 3 is 2.40 bits per heavy atom. The highest BCUT2D eigenvalue weighted by atomic mass is 16.2. The van der Waals surface area contributed by atoms with Crippen LogP contribution >= 0.6 is 0 Å². The van der Waals surface area contributed by atoms with Crippen LogP contribution in [0.25, 0.3) is 0 Å². The molecule has 0 spiro atoms. The second kappa shape index (κ2) is 7.09. The summed E-state index contributed by atoms with van der Waals surface area (Å²) in [5.74, 6) is -0.241. The Bertz CT molecular complexity index is 781. The van der Waals surface area contributed by atoms with E-state index >= 15 is 0 Å². The van der Waals surface area contributed by atoms with Crippen molar-refractivity contribution < 1.29 is 9.59 Å². The summed E-state index contributed by atoms with van der Waals surface area (Å²) in [4.78, 5) is 27.4. The number of fused-ring (bicyclic) bond motifs is 1. The molecule has 0 saturated carbocycles. The van der Waals surface area contributed by atoms with Gasteiger partial charge in [-0.2, -0.15) is 0 Å². The number of anilines is 1. The number of nitrogens with one attached hydrogen (secondary N) is 1. The number of para-hydroxylation sites is 1. The van der Waals surface area contributed by atoms with Crippen LogP contribution in [0.5, 0.6) is 0 Å². The lowest BCUT2D eigenvalue weighted by Crippen LogP contribution is -2.51. The summed E-state index contributed by atoms with van der Waals surface area (Å²) in [5.41, 5.74) is 3.82. The van der Waals surface area contributed by atoms with Crippen LogP contribution in [0.2, 0.25) is 0 Å². The predicted octanol–water partition coefficient (Wildman–Crippen LogP) is 3.34. The third-order valence-corrected chi connectivity index (χ3v) is 4.69. The second-order valence-corrected chi connectivity index (χ2v) is 6.93. The molecular formula is C21H24N2O2. The zero-order chi connectivity index (χ0) is 18.0. The molecule has 0 aromatic heterocycles. The Kier molecular flexibility index (Phi) is 4.88. The van der Waals surface area contributed by atoms with Crippen molar-refractivity contribution in [2.75, 3.05) is 11.4 Å². The van der Waals surface area contributed by atoms with Gasteiger partial charge in [-0.1, -0.05) is 49.7 Å². The third-order valence-electron chi connectivity index (χ3n) is 4.69. The molecule has 1 N–H and O–H groups in total. The van der Waals surface area contributed by atoms with Gasteiger partial charge in [0, 0.05) is 17.8 Å². The first-order valence-electron chi connectivity index (χ1n) is 8.74. The van der Waals surface area contributed by atoms with Crippen molar-refractivity contribution in [3.63, 3.8) is 0 Å². The number of amides is 2. The van der Waals surface area contributed by atoms with Gasteiger partial charge < -0.3 is 10.2 Å². The third kappa shape index (κ3) is 3.58. The molecule has 1 atom stereocenters. The van der Waals surface area contributed by atoms with E-state index in [1.165, 1.54) is 5.56 Å². The highest BCUT2D eigenvalue weighted by Crippen LogP contribution is 2.28. The van der Waals surface area contributed by atoms with Gasteiger partial charge in [0.1, 0.15) is 6.04 Å². The van der Waals surface area contributed by atoms with Crippen molar-refractivity contribution in [3.05, 3.63) is 65.2 Å². The van der Waals surface area contributed by atoms with Crippen molar-refractivity contribution in [3.8, 4) is 0 Å². The summed E-state index contributed by atoms with van der Waals surface area (Å²) in [5, 5.41) is 2.93. The Morgan fingerprint density at radius 2 is 1.72 bits per heavy atom. The van der Waals surface area contributed by atoms with Crippen LogP contribution < -0.4 is 10.2 Å². The number of hydrogen-bond acceptors (Lipinski definition) is 2. The molecule has 25 heavy (non-hydrogen) atoms. The Balaban J connectivity index is 1.78. The van der Waals surface area contributed by atoms with E-state index in [1.807, 2.05) is 51.1 Å². The van der Waals surface area contributed by atoms with Gasteiger partial charge in [0.2, 0.25) is 5.91 Å². The van der Waals surface area contributed by atoms with E-state index in [-0.39, 0.29) is 17.7 Å². The molecule has 0 unspecified atom stereocenters. The number of aryl methyl sites for hydroxylation is 1. The molecule has 4 heteroatoms. The van der Waals surface area contributed by atoms with Gasteiger partial charge in [0.25, 0.3) is 5.91 Å². The average molecular weight is 336 g/mol. The molecule has 0 fully saturated rings. The van der Waals surface area contributed by atoms with Gasteiger partial charge in [-0.05, 0) is 43.0 Å². The second-order valence-electron chi connectivity index (χ2n) is 6.93. The fourth-order valence-corrected chi connectivity index (χ4v) is 3.18. The van der Waals surface area contributed by atoms with E-state index in [2.05, 4.69) is 11.4 Å². The predicted molar refractivity (Wildman–Crippen MR) is 99.8 cm³/mol. The molecule has 2 aromatic rings. The van der Waals surface area contributed by atoms with Crippen molar-refractivity contribution in [1.82, 2.24) is 5.32 Å². The highest BCUT2D eigenvalue weighted by molar-refractivity contribution is 6.03. The lowest BCUT2D eigenvalue weighted by atomic mass is 10.0. The van der Waals surface area contributed by atoms with Crippen LogP contribution in [-0.2, 0) is 11.2 Å². The van der Waals surface area contributed by atoms with Gasteiger partial charge in [0.15, 0.2) is 0 Å². The van der Waals surface area contributed by atoms with E-state index < -0.39 is 6.04 Å². The summed E-state index contributed by atoms with van der Waals surface area (Å²) in [6.07, 6.45) is 0.860. The molecule has 4 nitrogen and oxygen atoms in total. The monoisotopic (exact) mass is 336 g/mol. The summed E-state index contributed by atoms with van der Waals surface area (Å²) in [6.45, 7) is 6.56. The Labute approximate surface area is 148 Å². The lowest BCUT2D eigenvalue weighted by molar-refractivity contribution is -0.121. The van der Waals surface area contributed by atoms with Crippen LogP contribution in [-0.4, -0.2) is 24.4 Å². The molecule has 0 aliphatic carbocycles. The molecule has 2 amide bonds. The minimum atomic E-state index is -0.542. The summed E-state index contributed by atoms with van der Waals surface area (Å²) >= 11 is 0. The zero-order valence-electron chi connectivity index (χ0n) is 15.0. The first kappa shape index (κ1) is 17.2. The maximum Gasteiger partial charge on any atom is 0.251 e. The van der Waals surface area contributed by atoms with Gasteiger partial charge in [-0.3, -0.25) is 9.59 Å². The van der Waals surface area contributed by atoms with Crippen molar-refractivity contribution >= 4 is 17.5 Å². The number of benzene rings is 2. The summed E-state index contributed by atoms with van der Waals surface area (Å²) in [6, 6.07) is 14.8. The van der Waals surface area contributed by atoms with E-state index in [9.17, 15) is 9.59 Å². The van der Waals surface area contributed by atoms with Crippen molar-refractivity contribution in [2.45, 2.75) is 33.2 Å². The maximum atomic E-state index is 13.1. The highest BCUT2D eigenvalue weighted by Gasteiger charge is 2.32. The molecule has 3 rings (SSSR count). The van der Waals surface area contributed by atoms with Gasteiger partial charge in [0.05, 0.1) is 0 Å². The van der Waals surface area contributed by atoms with Crippen molar-refractivity contribution in [1.29, 1.82) is 0 Å². The van der Waals surface area contributed by atoms with Crippen LogP contribution in [0.3, 0.4) is 0 Å². The minimum absolute atomic E-state index is 0.00895. The Hall–Kier alpha value is -2.62. The van der Waals surface area contributed by atoms with Gasteiger partial charge >= 0.3 is 0 Å². The fraction of sp³-hybridized carbons (Fsp3) is 0.333. The molecule has 0 saturated heterocycles. The molecule has 0 bridgehead atoms. The van der Waals surface area contributed by atoms with Gasteiger partial charge in [-0.25, -0.2) is 0 Å². The van der Waals surface area contributed by atoms with E-state index in [0.717, 1.165) is 17.7 Å². The molecule has 1 aliphatic rings. The summed E-state index contributed by atoms with van der Waals surface area (Å²) < 4.78 is 0.